The number of nitrogens with one attached hydrogen (secondary N) is 1. The summed E-state index contributed by atoms with van der Waals surface area (Å²) in [6, 6.07) is 4.48. The maximum atomic E-state index is 13.6. The molecule has 194 valence electrons. The van der Waals surface area contributed by atoms with Gasteiger partial charge in [-0.3, -0.25) is 39.2 Å². The first-order chi connectivity index (χ1) is 17.6. The van der Waals surface area contributed by atoms with Crippen LogP contribution in [0, 0.1) is 5.41 Å². The van der Waals surface area contributed by atoms with Crippen LogP contribution in [0.3, 0.4) is 0 Å². The van der Waals surface area contributed by atoms with E-state index in [-0.39, 0.29) is 36.3 Å². The van der Waals surface area contributed by atoms with Gasteiger partial charge in [0.15, 0.2) is 10.5 Å². The fraction of sp³-hybridized carbons (Fsp3) is 0.440. The lowest BCUT2D eigenvalue weighted by Crippen LogP contribution is -2.70. The lowest BCUT2D eigenvalue weighted by Gasteiger charge is -2.50. The highest BCUT2D eigenvalue weighted by atomic mass is 32.1. The zero-order valence-corrected chi connectivity index (χ0v) is 21.6. The number of imide groups is 2. The average Bonchev–Trinajstić information content (AvgIpc) is 3.38. The number of anilines is 1. The Bertz CT molecular complexity index is 1270. The maximum Gasteiger partial charge on any atom is 0.332 e. The Labute approximate surface area is 219 Å². The molecule has 0 bridgehead atoms. The minimum absolute atomic E-state index is 0.0220. The summed E-state index contributed by atoms with van der Waals surface area (Å²) in [7, 11) is 4.31. The molecule has 11 nitrogen and oxygen atoms in total. The third kappa shape index (κ3) is 3.65. The number of rotatable bonds is 4. The normalized spacial score (nSPS) is 24.3. The van der Waals surface area contributed by atoms with Crippen LogP contribution in [-0.4, -0.2) is 96.4 Å². The van der Waals surface area contributed by atoms with E-state index in [1.165, 1.54) is 32.2 Å². The van der Waals surface area contributed by atoms with Crippen LogP contribution in [0.4, 0.5) is 10.5 Å². The first-order valence-corrected chi connectivity index (χ1v) is 12.4. The number of fused-ring (bicyclic) bond motifs is 4. The van der Waals surface area contributed by atoms with Gasteiger partial charge >= 0.3 is 6.03 Å². The molecule has 4 heterocycles. The third-order valence-corrected chi connectivity index (χ3v) is 7.99. The van der Waals surface area contributed by atoms with Crippen LogP contribution in [0.1, 0.15) is 24.0 Å². The monoisotopic (exact) mass is 525 g/mol. The van der Waals surface area contributed by atoms with E-state index >= 15 is 0 Å². The number of methoxy groups -OCH3 is 1. The molecule has 37 heavy (non-hydrogen) atoms. The summed E-state index contributed by atoms with van der Waals surface area (Å²) in [5.74, 6) is -2.14. The highest BCUT2D eigenvalue weighted by Gasteiger charge is 2.63. The van der Waals surface area contributed by atoms with E-state index in [4.69, 9.17) is 17.0 Å². The number of hydrogen-bond acceptors (Lipinski definition) is 8. The Balaban J connectivity index is 1.55. The first-order valence-electron chi connectivity index (χ1n) is 12.0. The molecule has 6 amide bonds. The zero-order valence-electron chi connectivity index (χ0n) is 20.8. The molecule has 1 atom stereocenters. The summed E-state index contributed by atoms with van der Waals surface area (Å²) in [6.07, 6.45) is 3.06. The van der Waals surface area contributed by atoms with E-state index in [1.54, 1.807) is 12.1 Å². The van der Waals surface area contributed by atoms with E-state index in [0.29, 0.717) is 18.5 Å². The Kier molecular flexibility index (Phi) is 6.11. The van der Waals surface area contributed by atoms with Crippen LogP contribution in [0.2, 0.25) is 0 Å². The van der Waals surface area contributed by atoms with Crippen molar-refractivity contribution in [3.05, 3.63) is 34.9 Å². The number of thiocarbonyl (C=S) groups is 1. The SMILES string of the molecule is COCCN1C(=O)C(=Cc2ccc3c(c2)CC2(C(=O)N(C)C(=O)N(C)C2=O)C2CCCN32)C(=O)NC1=S. The van der Waals surface area contributed by atoms with Gasteiger partial charge in [0.25, 0.3) is 11.8 Å². The van der Waals surface area contributed by atoms with Crippen LogP contribution in [0.25, 0.3) is 6.08 Å². The van der Waals surface area contributed by atoms with Gasteiger partial charge in [0, 0.05) is 33.4 Å². The average molecular weight is 526 g/mol. The Morgan fingerprint density at radius 3 is 2.51 bits per heavy atom. The maximum absolute atomic E-state index is 13.6. The van der Waals surface area contributed by atoms with Crippen molar-refractivity contribution >= 4 is 58.8 Å². The van der Waals surface area contributed by atoms with Crippen molar-refractivity contribution in [1.29, 1.82) is 0 Å². The summed E-state index contributed by atoms with van der Waals surface area (Å²) < 4.78 is 5.04. The van der Waals surface area contributed by atoms with Crippen LogP contribution in [0.5, 0.6) is 0 Å². The number of ether oxygens (including phenoxy) is 1. The number of hydrogen-bond donors (Lipinski definition) is 1. The van der Waals surface area contributed by atoms with Crippen LogP contribution < -0.4 is 10.2 Å². The predicted molar refractivity (Wildman–Crippen MR) is 136 cm³/mol. The second-order valence-corrected chi connectivity index (χ2v) is 10.1. The molecule has 1 aromatic rings. The summed E-state index contributed by atoms with van der Waals surface area (Å²) in [5.41, 5.74) is 0.705. The Morgan fingerprint density at radius 2 is 1.84 bits per heavy atom. The molecule has 0 aliphatic carbocycles. The summed E-state index contributed by atoms with van der Waals surface area (Å²) >= 11 is 5.14. The molecule has 0 saturated carbocycles. The fourth-order valence-corrected chi connectivity index (χ4v) is 6.14. The molecule has 12 heteroatoms. The van der Waals surface area contributed by atoms with Crippen LogP contribution in [-0.2, 0) is 30.3 Å². The second kappa shape index (κ2) is 9.03. The van der Waals surface area contributed by atoms with Gasteiger partial charge in [0.2, 0.25) is 11.8 Å². The lowest BCUT2D eigenvalue weighted by atomic mass is 9.68. The predicted octanol–water partition coefficient (Wildman–Crippen LogP) is 0.521. The topological polar surface area (TPSA) is 120 Å². The number of benzene rings is 1. The minimum Gasteiger partial charge on any atom is -0.383 e. The smallest absolute Gasteiger partial charge is 0.332 e. The molecule has 1 unspecified atom stereocenters. The molecular weight excluding hydrogens is 498 g/mol. The standard InChI is InChI=1S/C25H27N5O6S/c1-27-21(33)25(22(34)28(2)24(27)35)13-15-11-14(6-7-17(15)29-8-4-5-18(25)29)12-16-19(31)26-23(37)30(20(16)32)9-10-36-3/h6-7,11-12,18H,4-5,8-10,13H2,1-3H3,(H,26,31,37). The van der Waals surface area contributed by atoms with Crippen molar-refractivity contribution in [2.75, 3.05) is 45.8 Å². The van der Waals surface area contributed by atoms with Gasteiger partial charge in [-0.2, -0.15) is 0 Å². The molecule has 5 rings (SSSR count). The number of barbiturate groups is 1. The van der Waals surface area contributed by atoms with E-state index in [2.05, 4.69) is 10.2 Å². The van der Waals surface area contributed by atoms with Crippen LogP contribution >= 0.6 is 12.2 Å². The molecule has 3 saturated heterocycles. The van der Waals surface area contributed by atoms with Gasteiger partial charge in [0.1, 0.15) is 5.57 Å². The zero-order chi connectivity index (χ0) is 26.6. The highest BCUT2D eigenvalue weighted by molar-refractivity contribution is 7.80. The van der Waals surface area contributed by atoms with E-state index < -0.39 is 35.1 Å². The van der Waals surface area contributed by atoms with Crippen molar-refractivity contribution < 1.29 is 28.7 Å². The van der Waals surface area contributed by atoms with Gasteiger partial charge < -0.3 is 9.64 Å². The number of amides is 6. The lowest BCUT2D eigenvalue weighted by molar-refractivity contribution is -0.159. The Hall–Kier alpha value is -3.64. The molecule has 4 aliphatic heterocycles. The van der Waals surface area contributed by atoms with Crippen LogP contribution in [0.15, 0.2) is 23.8 Å². The number of carbonyl (C=O) groups excluding carboxylic acids is 5. The van der Waals surface area contributed by atoms with Crippen molar-refractivity contribution in [2.45, 2.75) is 25.3 Å². The molecule has 0 radical (unpaired) electrons. The van der Waals surface area contributed by atoms with E-state index in [1.807, 2.05) is 6.07 Å². The largest absolute Gasteiger partial charge is 0.383 e. The Morgan fingerprint density at radius 1 is 1.14 bits per heavy atom. The highest BCUT2D eigenvalue weighted by Crippen LogP contribution is 2.49. The summed E-state index contributed by atoms with van der Waals surface area (Å²) in [4.78, 5) is 70.6. The summed E-state index contributed by atoms with van der Waals surface area (Å²) in [5, 5.41) is 2.56. The van der Waals surface area contributed by atoms with Crippen molar-refractivity contribution in [1.82, 2.24) is 20.0 Å². The second-order valence-electron chi connectivity index (χ2n) is 9.67. The molecule has 1 spiro atoms. The molecule has 3 fully saturated rings. The molecular formula is C25H27N5O6S. The van der Waals surface area contributed by atoms with Gasteiger partial charge in [-0.15, -0.1) is 0 Å². The fourth-order valence-electron chi connectivity index (χ4n) is 5.87. The quantitative estimate of drug-likeness (QED) is 0.262. The number of urea groups is 1. The number of nitrogens with zero attached hydrogens (tertiary/aromatic N) is 4. The minimum atomic E-state index is -1.42. The van der Waals surface area contributed by atoms with E-state index in [9.17, 15) is 24.0 Å². The van der Waals surface area contributed by atoms with Crippen molar-refractivity contribution in [3.8, 4) is 0 Å². The third-order valence-electron chi connectivity index (χ3n) is 7.67. The van der Waals surface area contributed by atoms with Crippen molar-refractivity contribution in [2.24, 2.45) is 5.41 Å². The van der Waals surface area contributed by atoms with Gasteiger partial charge in [-0.1, -0.05) is 6.07 Å². The molecule has 4 aliphatic rings. The summed E-state index contributed by atoms with van der Waals surface area (Å²) in [6.45, 7) is 1.12. The van der Waals surface area contributed by atoms with Gasteiger partial charge in [-0.25, -0.2) is 4.79 Å². The van der Waals surface area contributed by atoms with Gasteiger partial charge in [0.05, 0.1) is 19.2 Å². The van der Waals surface area contributed by atoms with E-state index in [0.717, 1.165) is 27.5 Å². The molecule has 1 N–H and O–H groups in total. The number of carbonyl (C=O) groups is 5. The van der Waals surface area contributed by atoms with Gasteiger partial charge in [-0.05, 0) is 60.8 Å². The molecule has 0 aromatic heterocycles. The molecule has 1 aromatic carbocycles. The first kappa shape index (κ1) is 25.0. The van der Waals surface area contributed by atoms with Crippen molar-refractivity contribution in [3.63, 3.8) is 0 Å².